The Bertz CT molecular complexity index is 1540. The second kappa shape index (κ2) is 11.3. The third-order valence-electron chi connectivity index (χ3n) is 5.65. The molecule has 1 aromatic heterocycles. The first kappa shape index (κ1) is 24.6. The summed E-state index contributed by atoms with van der Waals surface area (Å²) < 4.78 is 1.98. The molecule has 0 radical (unpaired) electrons. The Morgan fingerprint density at radius 3 is 2.19 bits per heavy atom. The predicted octanol–water partition coefficient (Wildman–Crippen LogP) is 7.15. The van der Waals surface area contributed by atoms with E-state index in [0.717, 1.165) is 16.9 Å². The minimum Gasteiger partial charge on any atom is -0.325 e. The summed E-state index contributed by atoms with van der Waals surface area (Å²) in [4.78, 5) is 30.9. The Morgan fingerprint density at radius 1 is 0.838 bits per heavy atom. The van der Waals surface area contributed by atoms with Gasteiger partial charge in [-0.2, -0.15) is 0 Å². The minimum absolute atomic E-state index is 0.111. The second-order valence-corrected chi connectivity index (χ2v) is 9.58. The molecule has 0 saturated carbocycles. The van der Waals surface area contributed by atoms with Crippen molar-refractivity contribution in [2.45, 2.75) is 5.16 Å². The van der Waals surface area contributed by atoms with Crippen molar-refractivity contribution in [3.8, 4) is 16.9 Å². The minimum atomic E-state index is -0.252. The predicted molar refractivity (Wildman–Crippen MR) is 150 cm³/mol. The number of carbonyl (C=O) groups is 2. The maximum atomic E-state index is 13.1. The van der Waals surface area contributed by atoms with Crippen LogP contribution in [0.3, 0.4) is 0 Å². The molecule has 0 saturated heterocycles. The number of hydrogen-bond acceptors (Lipinski definition) is 4. The molecule has 1 heterocycles. The number of aromatic nitrogens is 2. The van der Waals surface area contributed by atoms with E-state index in [-0.39, 0.29) is 17.4 Å². The van der Waals surface area contributed by atoms with Crippen LogP contribution in [0.2, 0.25) is 5.02 Å². The Labute approximate surface area is 224 Å². The lowest BCUT2D eigenvalue weighted by Crippen LogP contribution is -2.17. The van der Waals surface area contributed by atoms with Gasteiger partial charge >= 0.3 is 0 Å². The summed E-state index contributed by atoms with van der Waals surface area (Å²) >= 11 is 7.50. The normalized spacial score (nSPS) is 10.7. The van der Waals surface area contributed by atoms with Gasteiger partial charge in [0.1, 0.15) is 0 Å². The van der Waals surface area contributed by atoms with Crippen molar-refractivity contribution < 1.29 is 9.59 Å². The number of nitrogens with one attached hydrogen (secondary N) is 1. The highest BCUT2D eigenvalue weighted by Gasteiger charge is 2.18. The van der Waals surface area contributed by atoms with E-state index in [9.17, 15) is 9.59 Å². The molecule has 1 amide bonds. The molecule has 1 N–H and O–H groups in total. The largest absolute Gasteiger partial charge is 0.325 e. The molecule has 0 aliphatic heterocycles. The van der Waals surface area contributed by atoms with Crippen LogP contribution in [0.1, 0.15) is 15.9 Å². The zero-order valence-corrected chi connectivity index (χ0v) is 21.2. The van der Waals surface area contributed by atoms with Crippen molar-refractivity contribution in [3.63, 3.8) is 0 Å². The number of thioether (sulfide) groups is 1. The van der Waals surface area contributed by atoms with Crippen LogP contribution in [0.4, 0.5) is 5.69 Å². The van der Waals surface area contributed by atoms with Crippen molar-refractivity contribution in [1.82, 2.24) is 9.55 Å². The van der Waals surface area contributed by atoms with E-state index in [2.05, 4.69) is 5.32 Å². The van der Waals surface area contributed by atoms with Gasteiger partial charge in [-0.25, -0.2) is 4.98 Å². The summed E-state index contributed by atoms with van der Waals surface area (Å²) in [5.41, 5.74) is 4.05. The first-order chi connectivity index (χ1) is 18.1. The highest BCUT2D eigenvalue weighted by Crippen LogP contribution is 2.28. The van der Waals surface area contributed by atoms with Crippen LogP contribution in [-0.4, -0.2) is 27.0 Å². The highest BCUT2D eigenvalue weighted by molar-refractivity contribution is 7.99. The first-order valence-electron chi connectivity index (χ1n) is 11.6. The van der Waals surface area contributed by atoms with Crippen molar-refractivity contribution in [2.75, 3.05) is 11.1 Å². The Kier molecular flexibility index (Phi) is 7.49. The van der Waals surface area contributed by atoms with E-state index >= 15 is 0 Å². The molecule has 0 aliphatic carbocycles. The fourth-order valence-corrected chi connectivity index (χ4v) is 4.83. The summed E-state index contributed by atoms with van der Waals surface area (Å²) in [5.74, 6) is -0.351. The second-order valence-electron chi connectivity index (χ2n) is 8.20. The zero-order chi connectivity index (χ0) is 25.6. The van der Waals surface area contributed by atoms with Gasteiger partial charge in [0.15, 0.2) is 10.9 Å². The number of halogens is 1. The number of amides is 1. The lowest BCUT2D eigenvalue weighted by Gasteiger charge is -2.11. The fraction of sp³-hybridized carbons (Fsp3) is 0.0333. The van der Waals surface area contributed by atoms with Gasteiger partial charge < -0.3 is 5.32 Å². The van der Waals surface area contributed by atoms with Gasteiger partial charge in [0.05, 0.1) is 17.1 Å². The number of benzene rings is 4. The molecule has 0 aliphatic rings. The Balaban J connectivity index is 1.37. The SMILES string of the molecule is O=C(CSc1nc(-c2ccccc2)cn1-c1ccccc1)Nc1ccc(Cl)cc1C(=O)c1ccccc1. The first-order valence-corrected chi connectivity index (χ1v) is 13.0. The van der Waals surface area contributed by atoms with Gasteiger partial charge in [-0.3, -0.25) is 14.2 Å². The topological polar surface area (TPSA) is 64.0 Å². The molecular formula is C30H22ClN3O2S. The smallest absolute Gasteiger partial charge is 0.234 e. The molecule has 0 spiro atoms. The van der Waals surface area contributed by atoms with Crippen LogP contribution in [0.15, 0.2) is 121 Å². The lowest BCUT2D eigenvalue weighted by atomic mass is 10.0. The number of ketones is 1. The molecule has 5 rings (SSSR count). The molecule has 0 unspecified atom stereocenters. The van der Waals surface area contributed by atoms with E-state index in [1.165, 1.54) is 11.8 Å². The van der Waals surface area contributed by atoms with Crippen LogP contribution in [0.25, 0.3) is 16.9 Å². The third-order valence-corrected chi connectivity index (χ3v) is 6.83. The van der Waals surface area contributed by atoms with E-state index in [1.807, 2.05) is 77.5 Å². The number of nitrogens with zero attached hydrogens (tertiary/aromatic N) is 2. The van der Waals surface area contributed by atoms with Gasteiger partial charge in [-0.1, -0.05) is 102 Å². The number of hydrogen-bond donors (Lipinski definition) is 1. The number of carbonyl (C=O) groups excluding carboxylic acids is 2. The van der Waals surface area contributed by atoms with Crippen LogP contribution >= 0.6 is 23.4 Å². The van der Waals surface area contributed by atoms with Gasteiger partial charge in [0, 0.05) is 33.6 Å². The van der Waals surface area contributed by atoms with Crippen molar-refractivity contribution >= 4 is 40.7 Å². The molecule has 0 atom stereocenters. The lowest BCUT2D eigenvalue weighted by molar-refractivity contribution is -0.113. The van der Waals surface area contributed by atoms with Crippen LogP contribution < -0.4 is 5.32 Å². The van der Waals surface area contributed by atoms with Crippen LogP contribution in [0.5, 0.6) is 0 Å². The summed E-state index contributed by atoms with van der Waals surface area (Å²) in [6.45, 7) is 0. The van der Waals surface area contributed by atoms with Gasteiger partial charge in [0.2, 0.25) is 5.91 Å². The third kappa shape index (κ3) is 5.82. The highest BCUT2D eigenvalue weighted by atomic mass is 35.5. The summed E-state index contributed by atoms with van der Waals surface area (Å²) in [6, 6.07) is 33.6. The van der Waals surface area contributed by atoms with Gasteiger partial charge in [-0.15, -0.1) is 0 Å². The van der Waals surface area contributed by atoms with E-state index < -0.39 is 0 Å². The average Bonchev–Trinajstić information content (AvgIpc) is 3.38. The number of rotatable bonds is 8. The molecule has 7 heteroatoms. The maximum Gasteiger partial charge on any atom is 0.234 e. The van der Waals surface area contributed by atoms with Crippen molar-refractivity contribution in [1.29, 1.82) is 0 Å². The average molecular weight is 524 g/mol. The van der Waals surface area contributed by atoms with Gasteiger partial charge in [0.25, 0.3) is 0 Å². The summed E-state index contributed by atoms with van der Waals surface area (Å²) in [6.07, 6.45) is 1.97. The number of anilines is 1. The molecule has 5 aromatic rings. The quantitative estimate of drug-likeness (QED) is 0.173. The number of imidazole rings is 1. The molecule has 182 valence electrons. The van der Waals surface area contributed by atoms with E-state index in [0.29, 0.717) is 27.0 Å². The van der Waals surface area contributed by atoms with E-state index in [4.69, 9.17) is 16.6 Å². The van der Waals surface area contributed by atoms with Gasteiger partial charge in [-0.05, 0) is 30.3 Å². The molecule has 4 aromatic carbocycles. The maximum absolute atomic E-state index is 13.1. The molecule has 0 fully saturated rings. The van der Waals surface area contributed by atoms with E-state index in [1.54, 1.807) is 42.5 Å². The summed E-state index contributed by atoms with van der Waals surface area (Å²) in [5, 5.41) is 3.99. The Hall–Kier alpha value is -4.13. The monoisotopic (exact) mass is 523 g/mol. The molecule has 0 bridgehead atoms. The summed E-state index contributed by atoms with van der Waals surface area (Å²) in [7, 11) is 0. The van der Waals surface area contributed by atoms with Crippen LogP contribution in [-0.2, 0) is 4.79 Å². The van der Waals surface area contributed by atoms with Crippen molar-refractivity contribution in [3.05, 3.63) is 132 Å². The zero-order valence-electron chi connectivity index (χ0n) is 19.7. The molecule has 37 heavy (non-hydrogen) atoms. The standard InChI is InChI=1S/C30H22ClN3O2S/c31-23-16-17-26(25(18-23)29(36)22-12-6-2-7-13-22)32-28(35)20-37-30-33-27(21-10-4-1-5-11-21)19-34(30)24-14-8-3-9-15-24/h1-19H,20H2,(H,32,35). The number of para-hydroxylation sites is 1. The Morgan fingerprint density at radius 2 is 1.49 bits per heavy atom. The molecule has 5 nitrogen and oxygen atoms in total. The molecular weight excluding hydrogens is 502 g/mol. The van der Waals surface area contributed by atoms with Crippen molar-refractivity contribution in [2.24, 2.45) is 0 Å². The fourth-order valence-electron chi connectivity index (χ4n) is 3.86. The van der Waals surface area contributed by atoms with Crippen LogP contribution in [0, 0.1) is 0 Å².